The van der Waals surface area contributed by atoms with Crippen LogP contribution < -0.4 is 5.32 Å². The van der Waals surface area contributed by atoms with Crippen molar-refractivity contribution in [1.29, 1.82) is 0 Å². The van der Waals surface area contributed by atoms with Gasteiger partial charge in [0, 0.05) is 11.1 Å². The smallest absolute Gasteiger partial charge is 0.320 e. The van der Waals surface area contributed by atoms with Gasteiger partial charge in [0.05, 0.1) is 0 Å². The minimum absolute atomic E-state index is 0.106. The van der Waals surface area contributed by atoms with Gasteiger partial charge >= 0.3 is 5.97 Å². The van der Waals surface area contributed by atoms with E-state index in [1.54, 1.807) is 0 Å². The lowest BCUT2D eigenvalue weighted by Crippen LogP contribution is -2.42. The van der Waals surface area contributed by atoms with Crippen LogP contribution in [0.1, 0.15) is 25.8 Å². The standard InChI is InChI=1S/C13H18ClNO2/c1-3-12(13(16)17)15-9(2)7-10-5-4-6-11(14)8-10/h4-6,8-9,12,15H,3,7H2,1-2H3,(H,16,17). The molecule has 0 aliphatic heterocycles. The molecular weight excluding hydrogens is 238 g/mol. The van der Waals surface area contributed by atoms with Gasteiger partial charge in [0.2, 0.25) is 0 Å². The van der Waals surface area contributed by atoms with Crippen molar-refractivity contribution >= 4 is 17.6 Å². The maximum absolute atomic E-state index is 10.9. The maximum Gasteiger partial charge on any atom is 0.320 e. The summed E-state index contributed by atoms with van der Waals surface area (Å²) >= 11 is 5.90. The topological polar surface area (TPSA) is 49.3 Å². The van der Waals surface area contributed by atoms with E-state index in [-0.39, 0.29) is 6.04 Å². The van der Waals surface area contributed by atoms with Crippen molar-refractivity contribution < 1.29 is 9.90 Å². The first-order valence-electron chi connectivity index (χ1n) is 5.76. The van der Waals surface area contributed by atoms with Crippen LogP contribution in [-0.2, 0) is 11.2 Å². The van der Waals surface area contributed by atoms with Crippen LogP contribution >= 0.6 is 11.6 Å². The van der Waals surface area contributed by atoms with Gasteiger partial charge in [-0.1, -0.05) is 30.7 Å². The largest absolute Gasteiger partial charge is 0.480 e. The lowest BCUT2D eigenvalue weighted by molar-refractivity contribution is -0.139. The number of carbonyl (C=O) groups is 1. The van der Waals surface area contributed by atoms with Gasteiger partial charge in [-0.05, 0) is 37.5 Å². The lowest BCUT2D eigenvalue weighted by Gasteiger charge is -2.19. The van der Waals surface area contributed by atoms with E-state index in [9.17, 15) is 4.79 Å². The van der Waals surface area contributed by atoms with E-state index >= 15 is 0 Å². The van der Waals surface area contributed by atoms with E-state index in [1.165, 1.54) is 0 Å². The summed E-state index contributed by atoms with van der Waals surface area (Å²) in [6.07, 6.45) is 1.35. The molecule has 0 aliphatic rings. The third-order valence-corrected chi connectivity index (χ3v) is 2.86. The normalized spacial score (nSPS) is 14.3. The minimum atomic E-state index is -0.801. The van der Waals surface area contributed by atoms with E-state index in [4.69, 9.17) is 16.7 Å². The Bertz CT molecular complexity index is 381. The summed E-state index contributed by atoms with van der Waals surface area (Å²) in [4.78, 5) is 10.9. The molecule has 1 aromatic carbocycles. The minimum Gasteiger partial charge on any atom is -0.480 e. The molecule has 0 radical (unpaired) electrons. The van der Waals surface area contributed by atoms with E-state index in [0.717, 1.165) is 12.0 Å². The zero-order valence-electron chi connectivity index (χ0n) is 10.1. The number of carboxylic acid groups (broad SMARTS) is 1. The number of hydrogen-bond acceptors (Lipinski definition) is 2. The molecule has 4 heteroatoms. The molecule has 2 atom stereocenters. The molecule has 2 N–H and O–H groups in total. The number of carboxylic acids is 1. The van der Waals surface area contributed by atoms with Crippen molar-refractivity contribution in [2.45, 2.75) is 38.8 Å². The third kappa shape index (κ3) is 4.75. The molecule has 2 unspecified atom stereocenters. The lowest BCUT2D eigenvalue weighted by atomic mass is 10.1. The van der Waals surface area contributed by atoms with Crippen LogP contribution in [0.15, 0.2) is 24.3 Å². The molecule has 0 fully saturated rings. The Labute approximate surface area is 107 Å². The number of hydrogen-bond donors (Lipinski definition) is 2. The van der Waals surface area contributed by atoms with E-state index in [0.29, 0.717) is 11.4 Å². The second kappa shape index (κ2) is 6.62. The molecule has 1 aromatic rings. The predicted molar refractivity (Wildman–Crippen MR) is 69.5 cm³/mol. The number of nitrogens with one attached hydrogen (secondary N) is 1. The van der Waals surface area contributed by atoms with Gasteiger partial charge in [-0.15, -0.1) is 0 Å². The highest BCUT2D eigenvalue weighted by Gasteiger charge is 2.17. The fraction of sp³-hybridized carbons (Fsp3) is 0.462. The van der Waals surface area contributed by atoms with Gasteiger partial charge < -0.3 is 10.4 Å². The third-order valence-electron chi connectivity index (χ3n) is 2.62. The quantitative estimate of drug-likeness (QED) is 0.822. The average Bonchev–Trinajstić information content (AvgIpc) is 2.25. The molecule has 0 amide bonds. The van der Waals surface area contributed by atoms with Crippen molar-refractivity contribution in [3.05, 3.63) is 34.9 Å². The van der Waals surface area contributed by atoms with Crippen molar-refractivity contribution in [2.24, 2.45) is 0 Å². The molecule has 17 heavy (non-hydrogen) atoms. The second-order valence-electron chi connectivity index (χ2n) is 4.20. The van der Waals surface area contributed by atoms with Crippen LogP contribution in [0.3, 0.4) is 0 Å². The van der Waals surface area contributed by atoms with Crippen molar-refractivity contribution in [1.82, 2.24) is 5.32 Å². The average molecular weight is 256 g/mol. The number of rotatable bonds is 6. The fourth-order valence-electron chi connectivity index (χ4n) is 1.78. The first-order chi connectivity index (χ1) is 8.02. The molecular formula is C13H18ClNO2. The summed E-state index contributed by atoms with van der Waals surface area (Å²) in [6, 6.07) is 7.25. The second-order valence-corrected chi connectivity index (χ2v) is 4.64. The van der Waals surface area contributed by atoms with E-state index < -0.39 is 12.0 Å². The van der Waals surface area contributed by atoms with Crippen LogP contribution in [-0.4, -0.2) is 23.2 Å². The first-order valence-corrected chi connectivity index (χ1v) is 6.14. The molecule has 3 nitrogen and oxygen atoms in total. The van der Waals surface area contributed by atoms with Crippen LogP contribution in [0.5, 0.6) is 0 Å². The summed E-state index contributed by atoms with van der Waals surface area (Å²) in [7, 11) is 0. The van der Waals surface area contributed by atoms with E-state index in [1.807, 2.05) is 38.1 Å². The Hall–Kier alpha value is -1.06. The zero-order valence-corrected chi connectivity index (χ0v) is 10.9. The summed E-state index contributed by atoms with van der Waals surface area (Å²) in [5, 5.41) is 12.7. The van der Waals surface area contributed by atoms with Gasteiger partial charge in [0.15, 0.2) is 0 Å². The van der Waals surface area contributed by atoms with Crippen LogP contribution in [0.4, 0.5) is 0 Å². The molecule has 0 saturated carbocycles. The number of halogens is 1. The number of aliphatic carboxylic acids is 1. The molecule has 94 valence electrons. The molecule has 1 rings (SSSR count). The van der Waals surface area contributed by atoms with E-state index in [2.05, 4.69) is 5.32 Å². The first kappa shape index (κ1) is 14.0. The van der Waals surface area contributed by atoms with Gasteiger partial charge in [0.25, 0.3) is 0 Å². The van der Waals surface area contributed by atoms with Crippen molar-refractivity contribution in [3.8, 4) is 0 Å². The van der Waals surface area contributed by atoms with Crippen LogP contribution in [0.2, 0.25) is 5.02 Å². The summed E-state index contributed by atoms with van der Waals surface area (Å²) in [5.41, 5.74) is 1.11. The summed E-state index contributed by atoms with van der Waals surface area (Å²) in [6.45, 7) is 3.84. The SMILES string of the molecule is CCC(NC(C)Cc1cccc(Cl)c1)C(=O)O. The Balaban J connectivity index is 2.54. The Morgan fingerprint density at radius 3 is 2.76 bits per heavy atom. The monoisotopic (exact) mass is 255 g/mol. The van der Waals surface area contributed by atoms with Crippen molar-refractivity contribution in [3.63, 3.8) is 0 Å². The highest BCUT2D eigenvalue weighted by Crippen LogP contribution is 2.12. The molecule has 0 saturated heterocycles. The maximum atomic E-state index is 10.9. The fourth-order valence-corrected chi connectivity index (χ4v) is 2.00. The predicted octanol–water partition coefficient (Wildman–Crippen LogP) is 2.72. The van der Waals surface area contributed by atoms with Gasteiger partial charge in [-0.25, -0.2) is 0 Å². The molecule has 0 spiro atoms. The van der Waals surface area contributed by atoms with Gasteiger partial charge in [-0.2, -0.15) is 0 Å². The molecule has 0 heterocycles. The Kier molecular flexibility index (Phi) is 5.45. The Morgan fingerprint density at radius 2 is 2.24 bits per heavy atom. The molecule has 0 bridgehead atoms. The van der Waals surface area contributed by atoms with Gasteiger partial charge in [0.1, 0.15) is 6.04 Å². The molecule has 0 aromatic heterocycles. The van der Waals surface area contributed by atoms with Gasteiger partial charge in [-0.3, -0.25) is 4.79 Å². The summed E-state index contributed by atoms with van der Waals surface area (Å²) in [5.74, 6) is -0.801. The highest BCUT2D eigenvalue weighted by molar-refractivity contribution is 6.30. The van der Waals surface area contributed by atoms with Crippen LogP contribution in [0, 0.1) is 0 Å². The Morgan fingerprint density at radius 1 is 1.53 bits per heavy atom. The summed E-state index contributed by atoms with van der Waals surface area (Å²) < 4.78 is 0. The van der Waals surface area contributed by atoms with Crippen LogP contribution in [0.25, 0.3) is 0 Å². The zero-order chi connectivity index (χ0) is 12.8. The van der Waals surface area contributed by atoms with Crippen molar-refractivity contribution in [2.75, 3.05) is 0 Å². The molecule has 0 aliphatic carbocycles. The highest BCUT2D eigenvalue weighted by atomic mass is 35.5. The number of benzene rings is 1.